The SMILES string of the molecule is CNC1CC(c2ccc(OC(F)(F)F)cc2)C1. The number of hydrogen-bond donors (Lipinski definition) is 1. The van der Waals surface area contributed by atoms with Gasteiger partial charge in [0.15, 0.2) is 0 Å². The molecule has 0 aromatic heterocycles. The van der Waals surface area contributed by atoms with Crippen LogP contribution < -0.4 is 10.1 Å². The molecule has 0 aliphatic heterocycles. The third-order valence-electron chi connectivity index (χ3n) is 3.13. The quantitative estimate of drug-likeness (QED) is 0.883. The summed E-state index contributed by atoms with van der Waals surface area (Å²) >= 11 is 0. The molecule has 0 bridgehead atoms. The first-order valence-corrected chi connectivity index (χ1v) is 5.51. The molecular formula is C12H14F3NO. The molecule has 1 aliphatic rings. The number of benzene rings is 1. The highest BCUT2D eigenvalue weighted by molar-refractivity contribution is 5.31. The van der Waals surface area contributed by atoms with Gasteiger partial charge < -0.3 is 10.1 Å². The minimum Gasteiger partial charge on any atom is -0.406 e. The van der Waals surface area contributed by atoms with E-state index in [1.807, 2.05) is 7.05 Å². The molecule has 1 aliphatic carbocycles. The molecule has 1 fully saturated rings. The average molecular weight is 245 g/mol. The van der Waals surface area contributed by atoms with E-state index in [2.05, 4.69) is 10.1 Å². The molecule has 5 heteroatoms. The molecule has 1 aromatic carbocycles. The Morgan fingerprint density at radius 1 is 1.18 bits per heavy atom. The van der Waals surface area contributed by atoms with E-state index in [0.717, 1.165) is 18.4 Å². The Kier molecular flexibility index (Phi) is 3.28. The van der Waals surface area contributed by atoms with Gasteiger partial charge in [0.05, 0.1) is 0 Å². The number of rotatable bonds is 3. The van der Waals surface area contributed by atoms with Crippen molar-refractivity contribution in [2.75, 3.05) is 7.05 Å². The third kappa shape index (κ3) is 3.12. The fraction of sp³-hybridized carbons (Fsp3) is 0.500. The van der Waals surface area contributed by atoms with E-state index in [0.29, 0.717) is 12.0 Å². The largest absolute Gasteiger partial charge is 0.573 e. The summed E-state index contributed by atoms with van der Waals surface area (Å²) in [5, 5.41) is 3.17. The fourth-order valence-electron chi connectivity index (χ4n) is 2.07. The van der Waals surface area contributed by atoms with Crippen LogP contribution in [0, 0.1) is 0 Å². The number of alkyl halides is 3. The molecular weight excluding hydrogens is 231 g/mol. The van der Waals surface area contributed by atoms with E-state index in [1.54, 1.807) is 12.1 Å². The van der Waals surface area contributed by atoms with E-state index in [9.17, 15) is 13.2 Å². The lowest BCUT2D eigenvalue weighted by atomic mass is 9.76. The normalized spacial score (nSPS) is 24.2. The van der Waals surface area contributed by atoms with E-state index in [1.165, 1.54) is 12.1 Å². The zero-order valence-corrected chi connectivity index (χ0v) is 9.42. The molecule has 1 saturated carbocycles. The highest BCUT2D eigenvalue weighted by Gasteiger charge is 2.32. The predicted octanol–water partition coefficient (Wildman–Crippen LogP) is 3.05. The van der Waals surface area contributed by atoms with Gasteiger partial charge in [-0.2, -0.15) is 0 Å². The van der Waals surface area contributed by atoms with Gasteiger partial charge in [-0.1, -0.05) is 12.1 Å². The monoisotopic (exact) mass is 245 g/mol. The van der Waals surface area contributed by atoms with Gasteiger partial charge in [-0.15, -0.1) is 13.2 Å². The summed E-state index contributed by atoms with van der Waals surface area (Å²) in [5.74, 6) is 0.290. The van der Waals surface area contributed by atoms with Crippen LogP contribution in [0.25, 0.3) is 0 Å². The number of ether oxygens (including phenoxy) is 1. The van der Waals surface area contributed by atoms with Crippen molar-refractivity contribution in [3.05, 3.63) is 29.8 Å². The van der Waals surface area contributed by atoms with Crippen LogP contribution in [0.4, 0.5) is 13.2 Å². The molecule has 94 valence electrons. The number of halogens is 3. The molecule has 1 N–H and O–H groups in total. The average Bonchev–Trinajstić information content (AvgIpc) is 2.16. The van der Waals surface area contributed by atoms with Crippen LogP contribution in [0.2, 0.25) is 0 Å². The van der Waals surface area contributed by atoms with Crippen molar-refractivity contribution in [3.63, 3.8) is 0 Å². The fourth-order valence-corrected chi connectivity index (χ4v) is 2.07. The summed E-state index contributed by atoms with van der Waals surface area (Å²) in [6, 6.07) is 6.69. The molecule has 1 aromatic rings. The molecule has 2 rings (SSSR count). The Morgan fingerprint density at radius 3 is 2.24 bits per heavy atom. The van der Waals surface area contributed by atoms with Gasteiger partial charge in [-0.05, 0) is 43.5 Å². The number of hydrogen-bond acceptors (Lipinski definition) is 2. The Labute approximate surface area is 97.8 Å². The summed E-state index contributed by atoms with van der Waals surface area (Å²) in [6.45, 7) is 0. The maximum Gasteiger partial charge on any atom is 0.573 e. The molecule has 0 amide bonds. The van der Waals surface area contributed by atoms with Crippen molar-refractivity contribution in [3.8, 4) is 5.75 Å². The molecule has 0 spiro atoms. The van der Waals surface area contributed by atoms with Crippen LogP contribution in [0.15, 0.2) is 24.3 Å². The van der Waals surface area contributed by atoms with Crippen LogP contribution >= 0.6 is 0 Å². The Balaban J connectivity index is 1.95. The zero-order valence-electron chi connectivity index (χ0n) is 9.42. The van der Waals surface area contributed by atoms with Crippen molar-refractivity contribution in [2.24, 2.45) is 0 Å². The van der Waals surface area contributed by atoms with Gasteiger partial charge in [-0.3, -0.25) is 0 Å². The van der Waals surface area contributed by atoms with Crippen molar-refractivity contribution in [1.82, 2.24) is 5.32 Å². The lowest BCUT2D eigenvalue weighted by Crippen LogP contribution is -2.37. The molecule has 0 radical (unpaired) electrons. The maximum absolute atomic E-state index is 11.9. The highest BCUT2D eigenvalue weighted by atomic mass is 19.4. The highest BCUT2D eigenvalue weighted by Crippen LogP contribution is 2.37. The minimum absolute atomic E-state index is 0.161. The third-order valence-corrected chi connectivity index (χ3v) is 3.13. The van der Waals surface area contributed by atoms with Crippen molar-refractivity contribution < 1.29 is 17.9 Å². The topological polar surface area (TPSA) is 21.3 Å². The Morgan fingerprint density at radius 2 is 1.76 bits per heavy atom. The standard InChI is InChI=1S/C12H14F3NO/c1-16-10-6-9(7-10)8-2-4-11(5-3-8)17-12(13,14)15/h2-5,9-10,16H,6-7H2,1H3. The minimum atomic E-state index is -4.62. The van der Waals surface area contributed by atoms with Crippen LogP contribution in [0.5, 0.6) is 5.75 Å². The first-order chi connectivity index (χ1) is 7.98. The summed E-state index contributed by atoms with van der Waals surface area (Å²) in [7, 11) is 1.92. The first-order valence-electron chi connectivity index (χ1n) is 5.51. The predicted molar refractivity (Wildman–Crippen MR) is 57.9 cm³/mol. The first kappa shape index (κ1) is 12.2. The van der Waals surface area contributed by atoms with Gasteiger partial charge in [0, 0.05) is 6.04 Å². The van der Waals surface area contributed by atoms with Crippen LogP contribution in [-0.2, 0) is 0 Å². The second-order valence-electron chi connectivity index (χ2n) is 4.27. The van der Waals surface area contributed by atoms with Gasteiger partial charge in [0.1, 0.15) is 5.75 Å². The zero-order chi connectivity index (χ0) is 12.5. The Hall–Kier alpha value is -1.23. The second-order valence-corrected chi connectivity index (χ2v) is 4.27. The summed E-state index contributed by atoms with van der Waals surface area (Å²) in [4.78, 5) is 0. The second kappa shape index (κ2) is 4.56. The van der Waals surface area contributed by atoms with Crippen LogP contribution in [-0.4, -0.2) is 19.5 Å². The molecule has 2 nitrogen and oxygen atoms in total. The lowest BCUT2D eigenvalue weighted by Gasteiger charge is -2.35. The smallest absolute Gasteiger partial charge is 0.406 e. The molecule has 0 atom stereocenters. The molecule has 0 unspecified atom stereocenters. The Bertz CT molecular complexity index is 368. The van der Waals surface area contributed by atoms with Gasteiger partial charge in [0.25, 0.3) is 0 Å². The van der Waals surface area contributed by atoms with Gasteiger partial charge in [0.2, 0.25) is 0 Å². The van der Waals surface area contributed by atoms with Crippen molar-refractivity contribution >= 4 is 0 Å². The summed E-state index contributed by atoms with van der Waals surface area (Å²) < 4.78 is 39.7. The molecule has 0 saturated heterocycles. The summed E-state index contributed by atoms with van der Waals surface area (Å²) in [6.07, 6.45) is -2.54. The molecule has 0 heterocycles. The van der Waals surface area contributed by atoms with E-state index in [4.69, 9.17) is 0 Å². The van der Waals surface area contributed by atoms with E-state index in [-0.39, 0.29) is 5.75 Å². The molecule has 17 heavy (non-hydrogen) atoms. The summed E-state index contributed by atoms with van der Waals surface area (Å²) in [5.41, 5.74) is 1.08. The van der Waals surface area contributed by atoms with Gasteiger partial charge in [-0.25, -0.2) is 0 Å². The van der Waals surface area contributed by atoms with Crippen molar-refractivity contribution in [1.29, 1.82) is 0 Å². The maximum atomic E-state index is 11.9. The van der Waals surface area contributed by atoms with Crippen molar-refractivity contribution in [2.45, 2.75) is 31.2 Å². The number of nitrogens with one attached hydrogen (secondary N) is 1. The van der Waals surface area contributed by atoms with E-state index < -0.39 is 6.36 Å². The van der Waals surface area contributed by atoms with Crippen LogP contribution in [0.3, 0.4) is 0 Å². The van der Waals surface area contributed by atoms with Gasteiger partial charge >= 0.3 is 6.36 Å². The lowest BCUT2D eigenvalue weighted by molar-refractivity contribution is -0.274. The van der Waals surface area contributed by atoms with Crippen LogP contribution in [0.1, 0.15) is 24.3 Å². The van der Waals surface area contributed by atoms with E-state index >= 15 is 0 Å².